The summed E-state index contributed by atoms with van der Waals surface area (Å²) in [6.07, 6.45) is 3.06. The Bertz CT molecular complexity index is 500. The molecule has 3 heterocycles. The molecular weight excluding hydrogens is 304 g/mol. The van der Waals surface area contributed by atoms with Crippen LogP contribution in [0.3, 0.4) is 0 Å². The van der Waals surface area contributed by atoms with Gasteiger partial charge in [0.15, 0.2) is 5.79 Å². The van der Waals surface area contributed by atoms with Crippen LogP contribution < -0.4 is 0 Å². The zero-order valence-corrected chi connectivity index (χ0v) is 13.8. The van der Waals surface area contributed by atoms with Gasteiger partial charge in [-0.25, -0.2) is 4.98 Å². The second-order valence-corrected chi connectivity index (χ2v) is 7.08. The molecule has 3 rings (SSSR count). The smallest absolute Gasteiger partial charge is 0.252 e. The van der Waals surface area contributed by atoms with Gasteiger partial charge in [0.1, 0.15) is 17.2 Å². The molecule has 22 heavy (non-hydrogen) atoms. The average Bonchev–Trinajstić information content (AvgIpc) is 3.19. The summed E-state index contributed by atoms with van der Waals surface area (Å²) in [5.74, 6) is -0.550. The van der Waals surface area contributed by atoms with Gasteiger partial charge in [0, 0.05) is 24.7 Å². The highest BCUT2D eigenvalue weighted by Gasteiger charge is 2.36. The second kappa shape index (κ2) is 6.62. The number of amides is 1. The maximum absolute atomic E-state index is 12.7. The first-order chi connectivity index (χ1) is 10.5. The first-order valence-corrected chi connectivity index (χ1v) is 8.52. The van der Waals surface area contributed by atoms with Crippen LogP contribution in [0.15, 0.2) is 11.6 Å². The van der Waals surface area contributed by atoms with Crippen molar-refractivity contribution in [3.63, 3.8) is 0 Å². The molecule has 0 N–H and O–H groups in total. The van der Waals surface area contributed by atoms with Crippen molar-refractivity contribution < 1.29 is 19.0 Å². The molecule has 122 valence electrons. The van der Waals surface area contributed by atoms with Crippen LogP contribution in [0.25, 0.3) is 0 Å². The fourth-order valence-corrected chi connectivity index (χ4v) is 3.43. The third-order valence-corrected chi connectivity index (χ3v) is 4.58. The Kier molecular flexibility index (Phi) is 4.77. The summed E-state index contributed by atoms with van der Waals surface area (Å²) in [5, 5.41) is 2.84. The average molecular weight is 326 g/mol. The van der Waals surface area contributed by atoms with Crippen LogP contribution in [-0.4, -0.2) is 53.5 Å². The Morgan fingerprint density at radius 1 is 1.55 bits per heavy atom. The molecule has 1 aromatic rings. The van der Waals surface area contributed by atoms with Crippen LogP contribution in [0.2, 0.25) is 0 Å². The van der Waals surface area contributed by atoms with Crippen LogP contribution in [0.1, 0.15) is 31.7 Å². The van der Waals surface area contributed by atoms with Gasteiger partial charge in [-0.05, 0) is 26.7 Å². The Morgan fingerprint density at radius 3 is 3.00 bits per heavy atom. The van der Waals surface area contributed by atoms with E-state index in [0.29, 0.717) is 26.3 Å². The van der Waals surface area contributed by atoms with Gasteiger partial charge in [0.05, 0.1) is 13.2 Å². The predicted octanol–water partition coefficient (Wildman–Crippen LogP) is 1.80. The summed E-state index contributed by atoms with van der Waals surface area (Å²) in [7, 11) is 0. The van der Waals surface area contributed by atoms with Gasteiger partial charge in [-0.2, -0.15) is 0 Å². The van der Waals surface area contributed by atoms with Gasteiger partial charge in [-0.1, -0.05) is 0 Å². The van der Waals surface area contributed by atoms with Crippen LogP contribution in [0.4, 0.5) is 0 Å². The molecule has 1 amide bonds. The molecule has 2 fully saturated rings. The molecule has 0 spiro atoms. The van der Waals surface area contributed by atoms with Crippen molar-refractivity contribution in [3.05, 3.63) is 16.6 Å². The van der Waals surface area contributed by atoms with Crippen molar-refractivity contribution in [3.8, 4) is 0 Å². The van der Waals surface area contributed by atoms with E-state index in [1.54, 1.807) is 22.4 Å². The minimum absolute atomic E-state index is 0.0287. The van der Waals surface area contributed by atoms with Gasteiger partial charge < -0.3 is 19.1 Å². The summed E-state index contributed by atoms with van der Waals surface area (Å²) < 4.78 is 17.0. The van der Waals surface area contributed by atoms with Crippen LogP contribution in [0, 0.1) is 0 Å². The first kappa shape index (κ1) is 15.9. The normalized spacial score (nSPS) is 27.2. The van der Waals surface area contributed by atoms with Crippen molar-refractivity contribution >= 4 is 17.2 Å². The van der Waals surface area contributed by atoms with E-state index >= 15 is 0 Å². The van der Waals surface area contributed by atoms with E-state index in [0.717, 1.165) is 17.8 Å². The molecule has 7 heteroatoms. The van der Waals surface area contributed by atoms with Crippen molar-refractivity contribution in [2.24, 2.45) is 0 Å². The lowest BCUT2D eigenvalue weighted by Crippen LogP contribution is -2.43. The number of rotatable bonds is 5. The third-order valence-electron chi connectivity index (χ3n) is 3.82. The summed E-state index contributed by atoms with van der Waals surface area (Å²) in [6, 6.07) is 0. The van der Waals surface area contributed by atoms with Gasteiger partial charge in [0.25, 0.3) is 5.91 Å². The highest BCUT2D eigenvalue weighted by Crippen LogP contribution is 2.24. The summed E-state index contributed by atoms with van der Waals surface area (Å²) in [6.45, 7) is 5.94. The Labute approximate surface area is 134 Å². The maximum atomic E-state index is 12.7. The molecule has 2 saturated heterocycles. The molecule has 0 aromatic carbocycles. The van der Waals surface area contributed by atoms with Crippen molar-refractivity contribution in [2.75, 3.05) is 19.8 Å². The molecular formula is C15H22N2O4S. The lowest BCUT2D eigenvalue weighted by atomic mass is 10.2. The summed E-state index contributed by atoms with van der Waals surface area (Å²) in [5.41, 5.74) is 0. The lowest BCUT2D eigenvalue weighted by molar-refractivity contribution is -0.151. The Hall–Kier alpha value is -1.02. The van der Waals surface area contributed by atoms with Crippen LogP contribution in [0.5, 0.6) is 0 Å². The van der Waals surface area contributed by atoms with Gasteiger partial charge in [-0.3, -0.25) is 4.79 Å². The SMILES string of the molecule is CC1(C)OC[C@@H](CN(Cc2nccs2)C(=O)[C@@H]2CCCO2)O1. The number of thiazole rings is 1. The standard InChI is InChI=1S/C15H22N2O4S/c1-15(2)20-10-11(21-15)8-17(9-13-16-5-7-22-13)14(18)12-4-3-6-19-12/h5,7,11-12H,3-4,6,8-10H2,1-2H3/t11-,12+/m1/s1. The lowest BCUT2D eigenvalue weighted by Gasteiger charge is -2.27. The number of ether oxygens (including phenoxy) is 3. The quantitative estimate of drug-likeness (QED) is 0.826. The zero-order chi connectivity index (χ0) is 15.6. The number of carbonyl (C=O) groups is 1. The van der Waals surface area contributed by atoms with Gasteiger partial charge >= 0.3 is 0 Å². The van der Waals surface area contributed by atoms with E-state index < -0.39 is 5.79 Å². The van der Waals surface area contributed by atoms with E-state index in [1.165, 1.54) is 0 Å². The monoisotopic (exact) mass is 326 g/mol. The van der Waals surface area contributed by atoms with E-state index in [2.05, 4.69) is 4.98 Å². The molecule has 2 aliphatic heterocycles. The Balaban J connectivity index is 1.66. The minimum Gasteiger partial charge on any atom is -0.368 e. The zero-order valence-electron chi connectivity index (χ0n) is 13.0. The van der Waals surface area contributed by atoms with E-state index in [9.17, 15) is 4.79 Å². The highest BCUT2D eigenvalue weighted by molar-refractivity contribution is 7.09. The molecule has 0 aliphatic carbocycles. The predicted molar refractivity (Wildman–Crippen MR) is 81.4 cm³/mol. The Morgan fingerprint density at radius 2 is 2.41 bits per heavy atom. The van der Waals surface area contributed by atoms with Crippen molar-refractivity contribution in [1.29, 1.82) is 0 Å². The van der Waals surface area contributed by atoms with E-state index in [1.807, 2.05) is 19.2 Å². The number of hydrogen-bond acceptors (Lipinski definition) is 6. The minimum atomic E-state index is -0.579. The fourth-order valence-electron chi connectivity index (χ4n) is 2.80. The topological polar surface area (TPSA) is 60.9 Å². The number of hydrogen-bond donors (Lipinski definition) is 0. The summed E-state index contributed by atoms with van der Waals surface area (Å²) in [4.78, 5) is 18.8. The fraction of sp³-hybridized carbons (Fsp3) is 0.733. The molecule has 0 radical (unpaired) electrons. The molecule has 6 nitrogen and oxygen atoms in total. The van der Waals surface area contributed by atoms with Gasteiger partial charge in [-0.15, -0.1) is 11.3 Å². The molecule has 2 aliphatic rings. The molecule has 0 bridgehead atoms. The van der Waals surface area contributed by atoms with Crippen LogP contribution >= 0.6 is 11.3 Å². The van der Waals surface area contributed by atoms with Crippen molar-refractivity contribution in [1.82, 2.24) is 9.88 Å². The van der Waals surface area contributed by atoms with Crippen molar-refractivity contribution in [2.45, 2.75) is 51.2 Å². The molecule has 0 saturated carbocycles. The largest absolute Gasteiger partial charge is 0.368 e. The van der Waals surface area contributed by atoms with E-state index in [-0.39, 0.29) is 18.1 Å². The number of carbonyl (C=O) groups excluding carboxylic acids is 1. The van der Waals surface area contributed by atoms with Gasteiger partial charge in [0.2, 0.25) is 0 Å². The molecule has 0 unspecified atom stereocenters. The third kappa shape index (κ3) is 3.84. The highest BCUT2D eigenvalue weighted by atomic mass is 32.1. The first-order valence-electron chi connectivity index (χ1n) is 7.64. The molecule has 1 aromatic heterocycles. The maximum Gasteiger partial charge on any atom is 0.252 e. The number of nitrogens with zero attached hydrogens (tertiary/aromatic N) is 2. The van der Waals surface area contributed by atoms with Crippen LogP contribution in [-0.2, 0) is 25.5 Å². The second-order valence-electron chi connectivity index (χ2n) is 6.10. The number of aromatic nitrogens is 1. The van der Waals surface area contributed by atoms with E-state index in [4.69, 9.17) is 14.2 Å². The molecule has 2 atom stereocenters. The summed E-state index contributed by atoms with van der Waals surface area (Å²) >= 11 is 1.55.